The quantitative estimate of drug-likeness (QED) is 0.748. The highest BCUT2D eigenvalue weighted by atomic mass is 19.1. The Hall–Kier alpha value is -3.01. The number of nitrogens with zero attached hydrogens (tertiary/aromatic N) is 3. The summed E-state index contributed by atoms with van der Waals surface area (Å²) < 4.78 is 41.9. The van der Waals surface area contributed by atoms with Crippen molar-refractivity contribution in [1.82, 2.24) is 9.55 Å². The minimum atomic E-state index is -0.884. The fourth-order valence-electron chi connectivity index (χ4n) is 2.18. The molecular weight excluding hydrogens is 281 g/mol. The van der Waals surface area contributed by atoms with Crippen LogP contribution in [0.4, 0.5) is 19.1 Å². The fraction of sp³-hybridized carbons (Fsp3) is 0. The number of halogens is 3. The van der Waals surface area contributed by atoms with Gasteiger partial charge in [-0.3, -0.25) is 4.57 Å². The van der Waals surface area contributed by atoms with Gasteiger partial charge in [-0.05, 0) is 12.1 Å². The van der Waals surface area contributed by atoms with Gasteiger partial charge in [0.1, 0.15) is 28.8 Å². The smallest absolute Gasteiger partial charge is 0.206 e. The molecule has 3 rings (SSSR count). The zero-order valence-electron chi connectivity index (χ0n) is 10.4. The monoisotopic (exact) mass is 288 g/mol. The molecule has 21 heavy (non-hydrogen) atoms. The van der Waals surface area contributed by atoms with Crippen LogP contribution in [0, 0.1) is 28.8 Å². The third-order valence-corrected chi connectivity index (χ3v) is 3.05. The predicted octanol–water partition coefficient (Wildman–Crippen LogP) is 2.90. The van der Waals surface area contributed by atoms with Gasteiger partial charge in [0.15, 0.2) is 5.82 Å². The Morgan fingerprint density at radius 2 is 1.90 bits per heavy atom. The van der Waals surface area contributed by atoms with Gasteiger partial charge in [0.25, 0.3) is 0 Å². The van der Waals surface area contributed by atoms with Crippen LogP contribution < -0.4 is 5.73 Å². The first-order valence-electron chi connectivity index (χ1n) is 5.85. The van der Waals surface area contributed by atoms with Crippen LogP contribution >= 0.6 is 0 Å². The van der Waals surface area contributed by atoms with Crippen molar-refractivity contribution >= 4 is 17.0 Å². The van der Waals surface area contributed by atoms with E-state index in [0.29, 0.717) is 6.07 Å². The van der Waals surface area contributed by atoms with Crippen LogP contribution in [0.1, 0.15) is 5.56 Å². The summed E-state index contributed by atoms with van der Waals surface area (Å²) in [6, 6.07) is 7.30. The number of nitrogen functional groups attached to an aromatic ring is 1. The van der Waals surface area contributed by atoms with E-state index < -0.39 is 17.5 Å². The number of imidazole rings is 1. The van der Waals surface area contributed by atoms with Crippen molar-refractivity contribution in [2.24, 2.45) is 0 Å². The third-order valence-electron chi connectivity index (χ3n) is 3.05. The number of hydrogen-bond acceptors (Lipinski definition) is 3. The molecule has 0 saturated heterocycles. The van der Waals surface area contributed by atoms with Gasteiger partial charge in [-0.2, -0.15) is 5.26 Å². The molecule has 0 saturated carbocycles. The van der Waals surface area contributed by atoms with E-state index in [0.717, 1.165) is 16.7 Å². The number of benzene rings is 2. The first-order valence-corrected chi connectivity index (χ1v) is 5.85. The van der Waals surface area contributed by atoms with E-state index in [1.54, 1.807) is 6.07 Å². The summed E-state index contributed by atoms with van der Waals surface area (Å²) in [6.45, 7) is 0. The molecule has 2 aromatic carbocycles. The van der Waals surface area contributed by atoms with Crippen LogP contribution in [0.5, 0.6) is 0 Å². The second-order valence-electron chi connectivity index (χ2n) is 4.31. The van der Waals surface area contributed by atoms with Gasteiger partial charge in [-0.1, -0.05) is 6.07 Å². The Balaban J connectivity index is 2.44. The molecule has 0 atom stereocenters. The molecule has 104 valence electrons. The Kier molecular flexibility index (Phi) is 2.80. The molecule has 0 aliphatic heterocycles. The SMILES string of the molecule is N#Cc1c(F)cccc1-n1c(N)nc2c(F)cc(F)cc21. The van der Waals surface area contributed by atoms with Gasteiger partial charge < -0.3 is 5.73 Å². The summed E-state index contributed by atoms with van der Waals surface area (Å²) in [6.07, 6.45) is 0. The van der Waals surface area contributed by atoms with Crippen molar-refractivity contribution in [3.05, 3.63) is 53.3 Å². The Morgan fingerprint density at radius 1 is 1.14 bits per heavy atom. The summed E-state index contributed by atoms with van der Waals surface area (Å²) in [5.41, 5.74) is 5.37. The van der Waals surface area contributed by atoms with Crippen LogP contribution in [0.2, 0.25) is 0 Å². The number of nitrogens with two attached hydrogens (primary N) is 1. The number of hydrogen-bond donors (Lipinski definition) is 1. The van der Waals surface area contributed by atoms with Crippen LogP contribution in [0.3, 0.4) is 0 Å². The lowest BCUT2D eigenvalue weighted by atomic mass is 10.1. The summed E-state index contributed by atoms with van der Waals surface area (Å²) >= 11 is 0. The summed E-state index contributed by atoms with van der Waals surface area (Å²) in [4.78, 5) is 3.80. The lowest BCUT2D eigenvalue weighted by molar-refractivity contribution is 0.590. The van der Waals surface area contributed by atoms with Crippen molar-refractivity contribution in [3.8, 4) is 11.8 Å². The molecule has 3 aromatic rings. The average Bonchev–Trinajstić information content (AvgIpc) is 2.75. The molecule has 1 aromatic heterocycles. The van der Waals surface area contributed by atoms with E-state index in [2.05, 4.69) is 4.98 Å². The maximum absolute atomic E-state index is 13.7. The second-order valence-corrected chi connectivity index (χ2v) is 4.31. The zero-order valence-corrected chi connectivity index (χ0v) is 10.4. The fourth-order valence-corrected chi connectivity index (χ4v) is 2.18. The average molecular weight is 288 g/mol. The van der Waals surface area contributed by atoms with Crippen molar-refractivity contribution in [1.29, 1.82) is 5.26 Å². The van der Waals surface area contributed by atoms with Gasteiger partial charge in [0.05, 0.1) is 11.2 Å². The highest BCUT2D eigenvalue weighted by molar-refractivity contribution is 5.82. The first kappa shape index (κ1) is 13.0. The van der Waals surface area contributed by atoms with E-state index in [-0.39, 0.29) is 28.2 Å². The van der Waals surface area contributed by atoms with E-state index in [1.807, 2.05) is 0 Å². The molecule has 0 unspecified atom stereocenters. The molecule has 4 nitrogen and oxygen atoms in total. The van der Waals surface area contributed by atoms with Gasteiger partial charge in [-0.25, -0.2) is 18.2 Å². The number of anilines is 1. The first-order chi connectivity index (χ1) is 10.0. The maximum Gasteiger partial charge on any atom is 0.206 e. The summed E-state index contributed by atoms with van der Waals surface area (Å²) in [5.74, 6) is -2.63. The zero-order chi connectivity index (χ0) is 15.1. The van der Waals surface area contributed by atoms with Gasteiger partial charge in [0, 0.05) is 12.1 Å². The van der Waals surface area contributed by atoms with Crippen LogP contribution in [-0.4, -0.2) is 9.55 Å². The second kappa shape index (κ2) is 4.52. The molecule has 1 heterocycles. The summed E-state index contributed by atoms with van der Waals surface area (Å²) in [7, 11) is 0. The lowest BCUT2D eigenvalue weighted by Crippen LogP contribution is -2.04. The van der Waals surface area contributed by atoms with Gasteiger partial charge in [-0.15, -0.1) is 0 Å². The van der Waals surface area contributed by atoms with Crippen molar-refractivity contribution in [3.63, 3.8) is 0 Å². The molecule has 0 aliphatic rings. The standard InChI is InChI=1S/C14H7F3N4/c15-7-4-10(17)13-12(5-7)21(14(19)20-13)11-3-1-2-9(16)8(11)6-18/h1-5H,(H2,19,20). The molecule has 0 aliphatic carbocycles. The van der Waals surface area contributed by atoms with Crippen LogP contribution in [-0.2, 0) is 0 Å². The van der Waals surface area contributed by atoms with Gasteiger partial charge >= 0.3 is 0 Å². The maximum atomic E-state index is 13.7. The molecule has 0 amide bonds. The van der Waals surface area contributed by atoms with E-state index >= 15 is 0 Å². The van der Waals surface area contributed by atoms with Crippen LogP contribution in [0.15, 0.2) is 30.3 Å². The minimum Gasteiger partial charge on any atom is -0.369 e. The van der Waals surface area contributed by atoms with E-state index in [9.17, 15) is 13.2 Å². The molecule has 0 spiro atoms. The topological polar surface area (TPSA) is 67.6 Å². The Bertz CT molecular complexity index is 909. The molecule has 0 fully saturated rings. The van der Waals surface area contributed by atoms with E-state index in [1.165, 1.54) is 12.1 Å². The van der Waals surface area contributed by atoms with Crippen molar-refractivity contribution < 1.29 is 13.2 Å². The Labute approximate surface area is 116 Å². The number of rotatable bonds is 1. The minimum absolute atomic E-state index is 0.0205. The summed E-state index contributed by atoms with van der Waals surface area (Å²) in [5, 5.41) is 9.06. The van der Waals surface area contributed by atoms with E-state index in [4.69, 9.17) is 11.0 Å². The largest absolute Gasteiger partial charge is 0.369 e. The Morgan fingerprint density at radius 3 is 2.62 bits per heavy atom. The number of fused-ring (bicyclic) bond motifs is 1. The highest BCUT2D eigenvalue weighted by Gasteiger charge is 2.18. The molecule has 2 N–H and O–H groups in total. The molecule has 0 radical (unpaired) electrons. The molecule has 7 heteroatoms. The van der Waals surface area contributed by atoms with Gasteiger partial charge in [0.2, 0.25) is 5.95 Å². The molecule has 0 bridgehead atoms. The molecular formula is C14H7F3N4. The lowest BCUT2D eigenvalue weighted by Gasteiger charge is -2.09. The number of nitriles is 1. The third kappa shape index (κ3) is 1.89. The predicted molar refractivity (Wildman–Crippen MR) is 70.1 cm³/mol. The van der Waals surface area contributed by atoms with Crippen molar-refractivity contribution in [2.75, 3.05) is 5.73 Å². The highest BCUT2D eigenvalue weighted by Crippen LogP contribution is 2.28. The van der Waals surface area contributed by atoms with Crippen molar-refractivity contribution in [2.45, 2.75) is 0 Å². The normalized spacial score (nSPS) is 10.8. The van der Waals surface area contributed by atoms with Crippen LogP contribution in [0.25, 0.3) is 16.7 Å². The number of aromatic nitrogens is 2.